The van der Waals surface area contributed by atoms with Gasteiger partial charge in [-0.1, -0.05) is 42.2 Å². The van der Waals surface area contributed by atoms with E-state index in [1.165, 1.54) is 16.7 Å². The smallest absolute Gasteiger partial charge is 0.265 e. The molecule has 0 bridgehead atoms. The Morgan fingerprint density at radius 2 is 1.90 bits per heavy atom. The van der Waals surface area contributed by atoms with E-state index in [2.05, 4.69) is 15.9 Å². The third-order valence-electron chi connectivity index (χ3n) is 4.08. The van der Waals surface area contributed by atoms with Gasteiger partial charge in [0.15, 0.2) is 11.5 Å². The van der Waals surface area contributed by atoms with Crippen molar-refractivity contribution >= 4 is 56.2 Å². The van der Waals surface area contributed by atoms with Gasteiger partial charge in [0.1, 0.15) is 10.1 Å². The van der Waals surface area contributed by atoms with Crippen LogP contribution in [-0.2, 0) is 4.79 Å². The fraction of sp³-hybridized carbons (Fsp3) is 0.238. The van der Waals surface area contributed by atoms with Crippen molar-refractivity contribution in [3.8, 4) is 17.2 Å². The summed E-state index contributed by atoms with van der Waals surface area (Å²) in [6.45, 7) is 1.04. The molecule has 29 heavy (non-hydrogen) atoms. The molecule has 2 aromatic carbocycles. The number of carbonyl (C=O) groups is 1. The van der Waals surface area contributed by atoms with Crippen LogP contribution in [0.25, 0.3) is 6.08 Å². The maximum atomic E-state index is 12.2. The van der Waals surface area contributed by atoms with Gasteiger partial charge >= 0.3 is 0 Å². The number of benzene rings is 2. The molecule has 8 heteroatoms. The first-order chi connectivity index (χ1) is 14.0. The first-order valence-electron chi connectivity index (χ1n) is 8.89. The second-order valence-electron chi connectivity index (χ2n) is 6.14. The van der Waals surface area contributed by atoms with Gasteiger partial charge in [0, 0.05) is 13.5 Å². The van der Waals surface area contributed by atoms with Crippen molar-refractivity contribution < 1.29 is 19.0 Å². The molecule has 1 fully saturated rings. The highest BCUT2D eigenvalue weighted by atomic mass is 79.9. The number of rotatable bonds is 8. The van der Waals surface area contributed by atoms with Crippen LogP contribution in [0.1, 0.15) is 12.0 Å². The van der Waals surface area contributed by atoms with Crippen LogP contribution in [0.4, 0.5) is 0 Å². The van der Waals surface area contributed by atoms with Gasteiger partial charge in [0.2, 0.25) is 0 Å². The molecule has 0 N–H and O–H groups in total. The van der Waals surface area contributed by atoms with Crippen molar-refractivity contribution in [1.82, 2.24) is 4.90 Å². The average molecular weight is 494 g/mol. The number of hydrogen-bond donors (Lipinski definition) is 0. The predicted octanol–water partition coefficient (Wildman–Crippen LogP) is 5.14. The molecule has 0 spiro atoms. The summed E-state index contributed by atoms with van der Waals surface area (Å²) < 4.78 is 18.4. The van der Waals surface area contributed by atoms with Gasteiger partial charge in [-0.25, -0.2) is 0 Å². The van der Waals surface area contributed by atoms with Gasteiger partial charge < -0.3 is 14.2 Å². The normalized spacial score (nSPS) is 15.1. The van der Waals surface area contributed by atoms with E-state index in [9.17, 15) is 4.79 Å². The third kappa shape index (κ3) is 5.52. The Hall–Kier alpha value is -2.03. The fourth-order valence-corrected chi connectivity index (χ4v) is 4.35. The van der Waals surface area contributed by atoms with E-state index < -0.39 is 0 Å². The lowest BCUT2D eigenvalue weighted by Gasteiger charge is -2.14. The molecule has 0 saturated carbocycles. The Bertz CT molecular complexity index is 934. The number of thiocarbonyl (C=S) groups is 1. The Morgan fingerprint density at radius 3 is 2.55 bits per heavy atom. The molecule has 0 atom stereocenters. The summed E-state index contributed by atoms with van der Waals surface area (Å²) >= 11 is 10.00. The molecule has 152 valence electrons. The van der Waals surface area contributed by atoms with E-state index >= 15 is 0 Å². The van der Waals surface area contributed by atoms with E-state index in [4.69, 9.17) is 26.4 Å². The Morgan fingerprint density at radius 1 is 1.17 bits per heavy atom. The van der Waals surface area contributed by atoms with Crippen LogP contribution in [0.3, 0.4) is 0 Å². The van der Waals surface area contributed by atoms with Crippen LogP contribution >= 0.6 is 39.9 Å². The lowest BCUT2D eigenvalue weighted by Crippen LogP contribution is -2.22. The Balaban J connectivity index is 1.63. The van der Waals surface area contributed by atoms with E-state index in [0.717, 1.165) is 22.2 Å². The van der Waals surface area contributed by atoms with Crippen molar-refractivity contribution in [3.63, 3.8) is 0 Å². The number of halogens is 1. The first kappa shape index (κ1) is 21.7. The van der Waals surface area contributed by atoms with Gasteiger partial charge in [-0.05, 0) is 51.8 Å². The zero-order valence-electron chi connectivity index (χ0n) is 16.0. The number of thioether (sulfide) groups is 1. The highest BCUT2D eigenvalue weighted by molar-refractivity contribution is 9.10. The van der Waals surface area contributed by atoms with Crippen LogP contribution in [0.5, 0.6) is 17.2 Å². The van der Waals surface area contributed by atoms with Crippen molar-refractivity contribution in [3.05, 3.63) is 57.4 Å². The molecular formula is C21H20BrNO4S2. The maximum Gasteiger partial charge on any atom is 0.265 e. The van der Waals surface area contributed by atoms with E-state index in [0.29, 0.717) is 33.9 Å². The number of methoxy groups -OCH3 is 1. The van der Waals surface area contributed by atoms with E-state index in [-0.39, 0.29) is 5.91 Å². The lowest BCUT2D eigenvalue weighted by atomic mass is 10.2. The van der Waals surface area contributed by atoms with Gasteiger partial charge in [0.25, 0.3) is 5.91 Å². The molecule has 2 aromatic rings. The molecule has 0 aromatic heterocycles. The molecular weight excluding hydrogens is 474 g/mol. The topological polar surface area (TPSA) is 48.0 Å². The molecule has 0 aliphatic carbocycles. The van der Waals surface area contributed by atoms with E-state index in [1.54, 1.807) is 20.2 Å². The third-order valence-corrected chi connectivity index (χ3v) is 6.16. The van der Waals surface area contributed by atoms with Gasteiger partial charge in [0.05, 0.1) is 29.7 Å². The van der Waals surface area contributed by atoms with Crippen molar-refractivity contribution in [1.29, 1.82) is 0 Å². The summed E-state index contributed by atoms with van der Waals surface area (Å²) in [6, 6.07) is 13.4. The maximum absolute atomic E-state index is 12.2. The largest absolute Gasteiger partial charge is 0.493 e. The fourth-order valence-electron chi connectivity index (χ4n) is 2.60. The summed E-state index contributed by atoms with van der Waals surface area (Å²) in [5.74, 6) is 1.94. The van der Waals surface area contributed by atoms with Gasteiger partial charge in [-0.15, -0.1) is 0 Å². The highest BCUT2D eigenvalue weighted by Gasteiger charge is 2.28. The van der Waals surface area contributed by atoms with Crippen LogP contribution < -0.4 is 14.2 Å². The van der Waals surface area contributed by atoms with Crippen molar-refractivity contribution in [2.24, 2.45) is 0 Å². The number of nitrogens with zero attached hydrogens (tertiary/aromatic N) is 1. The first-order valence-corrected chi connectivity index (χ1v) is 10.9. The van der Waals surface area contributed by atoms with Crippen molar-refractivity contribution in [2.45, 2.75) is 6.42 Å². The number of likely N-dealkylation sites (N-methyl/N-ethyl adjacent to an activating group) is 1. The zero-order valence-corrected chi connectivity index (χ0v) is 19.2. The molecule has 3 rings (SSSR count). The van der Waals surface area contributed by atoms with Crippen LogP contribution in [0, 0.1) is 0 Å². The zero-order chi connectivity index (χ0) is 20.8. The highest BCUT2D eigenvalue weighted by Crippen LogP contribution is 2.39. The monoisotopic (exact) mass is 493 g/mol. The minimum absolute atomic E-state index is 0.103. The Kier molecular flexibility index (Phi) is 7.57. The molecule has 0 radical (unpaired) electrons. The molecule has 1 aliphatic heterocycles. The van der Waals surface area contributed by atoms with Crippen molar-refractivity contribution in [2.75, 3.05) is 27.4 Å². The van der Waals surface area contributed by atoms with Crippen LogP contribution in [-0.4, -0.2) is 42.5 Å². The summed E-state index contributed by atoms with van der Waals surface area (Å²) in [5.41, 5.74) is 0.822. The second kappa shape index (κ2) is 10.1. The molecule has 1 aliphatic rings. The molecule has 0 unspecified atom stereocenters. The number of para-hydroxylation sites is 1. The Labute approximate surface area is 188 Å². The number of hydrogen-bond acceptors (Lipinski definition) is 6. The SMILES string of the molecule is COc1cc(C=C2SC(=S)N(C)C2=O)cc(Br)c1OCCCOc1ccccc1. The molecule has 5 nitrogen and oxygen atoms in total. The summed E-state index contributed by atoms with van der Waals surface area (Å²) in [5, 5.41) is 0. The van der Waals surface area contributed by atoms with Gasteiger partial charge in [-0.2, -0.15) is 0 Å². The molecule has 1 amide bonds. The molecule has 1 saturated heterocycles. The summed E-state index contributed by atoms with van der Waals surface area (Å²) in [4.78, 5) is 14.2. The number of amides is 1. The quantitative estimate of drug-likeness (QED) is 0.288. The van der Waals surface area contributed by atoms with Gasteiger partial charge in [-0.3, -0.25) is 9.69 Å². The van der Waals surface area contributed by atoms with Crippen LogP contribution in [0.15, 0.2) is 51.8 Å². The summed E-state index contributed by atoms with van der Waals surface area (Å²) in [7, 11) is 3.26. The number of ether oxygens (including phenoxy) is 3. The average Bonchev–Trinajstić information content (AvgIpc) is 2.96. The standard InChI is InChI=1S/C21H20BrNO4S2/c1-23-20(24)18(29-21(23)28)13-14-11-16(22)19(17(12-14)25-2)27-10-6-9-26-15-7-4-3-5-8-15/h3-5,7-8,11-13H,6,9-10H2,1-2H3. The van der Waals surface area contributed by atoms with Crippen LogP contribution in [0.2, 0.25) is 0 Å². The minimum atomic E-state index is -0.103. The number of carbonyl (C=O) groups excluding carboxylic acids is 1. The second-order valence-corrected chi connectivity index (χ2v) is 8.67. The summed E-state index contributed by atoms with van der Waals surface area (Å²) in [6.07, 6.45) is 2.53. The van der Waals surface area contributed by atoms with E-state index in [1.807, 2.05) is 42.5 Å². The predicted molar refractivity (Wildman–Crippen MR) is 124 cm³/mol. The lowest BCUT2D eigenvalue weighted by molar-refractivity contribution is -0.121. The minimum Gasteiger partial charge on any atom is -0.493 e. The molecule has 1 heterocycles.